The molecule has 1 aliphatic rings. The average molecular weight is 358 g/mol. The highest BCUT2D eigenvalue weighted by molar-refractivity contribution is 6.04. The number of nitrogens with zero attached hydrogens (tertiary/aromatic N) is 3. The molecule has 1 unspecified atom stereocenters. The van der Waals surface area contributed by atoms with Gasteiger partial charge in [0.05, 0.1) is 11.4 Å². The number of fused-ring (bicyclic) bond motifs is 1. The number of rotatable bonds is 2. The Kier molecular flexibility index (Phi) is 5.80. The van der Waals surface area contributed by atoms with Crippen LogP contribution in [-0.4, -0.2) is 16.7 Å². The Morgan fingerprint density at radius 1 is 1.08 bits per heavy atom. The van der Waals surface area contributed by atoms with Crippen molar-refractivity contribution in [1.82, 2.24) is 4.98 Å². The van der Waals surface area contributed by atoms with Crippen molar-refractivity contribution in [2.24, 2.45) is 21.7 Å². The Hall–Kier alpha value is -2.40. The molecule has 1 atom stereocenters. The van der Waals surface area contributed by atoms with Gasteiger partial charge in [-0.25, -0.2) is 0 Å². The Bertz CT molecular complexity index is 838. The first-order chi connectivity index (χ1) is 11.5. The third kappa shape index (κ3) is 3.99. The van der Waals surface area contributed by atoms with Crippen LogP contribution in [0, 0.1) is 20.8 Å². The largest absolute Gasteiger partial charge is 0.369 e. The quantitative estimate of drug-likeness (QED) is 0.491. The van der Waals surface area contributed by atoms with E-state index in [0.29, 0.717) is 5.92 Å². The lowest BCUT2D eigenvalue weighted by Gasteiger charge is -2.27. The highest BCUT2D eigenvalue weighted by Gasteiger charge is 2.28. The maximum atomic E-state index is 5.46. The third-order valence-electron chi connectivity index (χ3n) is 4.57. The van der Waals surface area contributed by atoms with Gasteiger partial charge in [-0.05, 0) is 62.3 Å². The summed E-state index contributed by atoms with van der Waals surface area (Å²) in [5, 5.41) is 8.22. The van der Waals surface area contributed by atoms with Gasteiger partial charge in [0.15, 0.2) is 0 Å². The Morgan fingerprint density at radius 3 is 2.56 bits per heavy atom. The highest BCUT2D eigenvalue weighted by atomic mass is 35.5. The Labute approximate surface area is 154 Å². The molecular formula is C19H24ClN5. The van der Waals surface area contributed by atoms with Gasteiger partial charge in [0.2, 0.25) is 5.96 Å². The lowest BCUT2D eigenvalue weighted by atomic mass is 9.78. The van der Waals surface area contributed by atoms with Gasteiger partial charge < -0.3 is 11.5 Å². The summed E-state index contributed by atoms with van der Waals surface area (Å²) in [6, 6.07) is 8.59. The molecule has 5 nitrogen and oxygen atoms in total. The predicted molar refractivity (Wildman–Crippen MR) is 106 cm³/mol. The van der Waals surface area contributed by atoms with E-state index in [2.05, 4.69) is 54.2 Å². The number of hydrogen-bond acceptors (Lipinski definition) is 3. The smallest absolute Gasteiger partial charge is 0.211 e. The third-order valence-corrected chi connectivity index (χ3v) is 4.57. The summed E-state index contributed by atoms with van der Waals surface area (Å²) in [6.07, 6.45) is 3.57. The zero-order valence-corrected chi connectivity index (χ0v) is 15.6. The average Bonchev–Trinajstić information content (AvgIpc) is 2.54. The molecule has 3 rings (SSSR count). The van der Waals surface area contributed by atoms with E-state index in [-0.39, 0.29) is 18.4 Å². The second kappa shape index (κ2) is 7.66. The van der Waals surface area contributed by atoms with Crippen LogP contribution in [0.1, 0.15) is 45.8 Å². The molecule has 0 saturated heterocycles. The van der Waals surface area contributed by atoms with Crippen molar-refractivity contribution in [2.45, 2.75) is 39.5 Å². The van der Waals surface area contributed by atoms with Gasteiger partial charge >= 0.3 is 0 Å². The number of pyridine rings is 1. The van der Waals surface area contributed by atoms with E-state index in [0.717, 1.165) is 35.4 Å². The maximum absolute atomic E-state index is 5.46. The first-order valence-corrected chi connectivity index (χ1v) is 8.13. The molecule has 0 amide bonds. The number of halogens is 1. The Balaban J connectivity index is 0.00000225. The van der Waals surface area contributed by atoms with Crippen LogP contribution in [0.2, 0.25) is 0 Å². The van der Waals surface area contributed by atoms with Gasteiger partial charge in [0.25, 0.3) is 0 Å². The van der Waals surface area contributed by atoms with Gasteiger partial charge in [-0.3, -0.25) is 4.98 Å². The molecule has 0 aliphatic heterocycles. The van der Waals surface area contributed by atoms with Crippen molar-refractivity contribution in [3.8, 4) is 0 Å². The van der Waals surface area contributed by atoms with E-state index in [1.54, 1.807) is 0 Å². The fourth-order valence-corrected chi connectivity index (χ4v) is 3.43. The number of hydrogen-bond donors (Lipinski definition) is 2. The summed E-state index contributed by atoms with van der Waals surface area (Å²) in [5.74, 6) is 0.305. The molecule has 0 spiro atoms. The second-order valence-electron chi connectivity index (χ2n) is 6.49. The SMILES string of the molecule is Cc1ccc(C)c(C2C/C(=N/N=C(N)N)c3c(C)ccnc3C2)c1.Cl. The molecule has 2 aromatic rings. The monoisotopic (exact) mass is 357 g/mol. The predicted octanol–water partition coefficient (Wildman–Crippen LogP) is 3.14. The minimum absolute atomic E-state index is 0. The van der Waals surface area contributed by atoms with Gasteiger partial charge in [-0.2, -0.15) is 5.10 Å². The fraction of sp³-hybridized carbons (Fsp3) is 0.316. The molecule has 1 aliphatic carbocycles. The normalized spacial score (nSPS) is 17.6. The highest BCUT2D eigenvalue weighted by Crippen LogP contribution is 2.35. The van der Waals surface area contributed by atoms with Crippen molar-refractivity contribution in [1.29, 1.82) is 0 Å². The molecule has 4 N–H and O–H groups in total. The van der Waals surface area contributed by atoms with E-state index >= 15 is 0 Å². The van der Waals surface area contributed by atoms with Crippen LogP contribution in [0.3, 0.4) is 0 Å². The first-order valence-electron chi connectivity index (χ1n) is 8.13. The first kappa shape index (κ1) is 18.9. The number of guanidine groups is 1. The van der Waals surface area contributed by atoms with Gasteiger partial charge in [-0.15, -0.1) is 17.5 Å². The molecule has 132 valence electrons. The molecule has 1 aromatic heterocycles. The van der Waals surface area contributed by atoms with Gasteiger partial charge in [-0.1, -0.05) is 23.8 Å². The van der Waals surface area contributed by atoms with Crippen molar-refractivity contribution in [3.05, 3.63) is 64.0 Å². The van der Waals surface area contributed by atoms with Crippen molar-refractivity contribution >= 4 is 24.1 Å². The summed E-state index contributed by atoms with van der Waals surface area (Å²) in [4.78, 5) is 4.59. The number of aryl methyl sites for hydroxylation is 3. The summed E-state index contributed by atoms with van der Waals surface area (Å²) < 4.78 is 0. The lowest BCUT2D eigenvalue weighted by molar-refractivity contribution is 0.672. The summed E-state index contributed by atoms with van der Waals surface area (Å²) >= 11 is 0. The topological polar surface area (TPSA) is 89.6 Å². The van der Waals surface area contributed by atoms with E-state index in [4.69, 9.17) is 11.5 Å². The molecule has 1 heterocycles. The van der Waals surface area contributed by atoms with Gasteiger partial charge in [0, 0.05) is 11.8 Å². The number of nitrogens with two attached hydrogens (primary N) is 2. The van der Waals surface area contributed by atoms with Crippen LogP contribution >= 0.6 is 12.4 Å². The van der Waals surface area contributed by atoms with Crippen molar-refractivity contribution in [2.75, 3.05) is 0 Å². The summed E-state index contributed by atoms with van der Waals surface area (Å²) in [6.45, 7) is 6.35. The van der Waals surface area contributed by atoms with Crippen molar-refractivity contribution < 1.29 is 0 Å². The van der Waals surface area contributed by atoms with Crippen LogP contribution < -0.4 is 11.5 Å². The maximum Gasteiger partial charge on any atom is 0.211 e. The van der Waals surface area contributed by atoms with E-state index in [1.165, 1.54) is 16.7 Å². The molecule has 0 saturated carbocycles. The number of benzene rings is 1. The molecule has 1 aromatic carbocycles. The van der Waals surface area contributed by atoms with Crippen LogP contribution in [0.5, 0.6) is 0 Å². The minimum Gasteiger partial charge on any atom is -0.369 e. The second-order valence-corrected chi connectivity index (χ2v) is 6.49. The summed E-state index contributed by atoms with van der Waals surface area (Å²) in [7, 11) is 0. The van der Waals surface area contributed by atoms with E-state index in [1.807, 2.05) is 12.3 Å². The molecule has 0 fully saturated rings. The zero-order chi connectivity index (χ0) is 17.3. The van der Waals surface area contributed by atoms with Gasteiger partial charge in [0.1, 0.15) is 0 Å². The van der Waals surface area contributed by atoms with Crippen LogP contribution in [-0.2, 0) is 6.42 Å². The molecule has 0 bridgehead atoms. The lowest BCUT2D eigenvalue weighted by Crippen LogP contribution is -2.24. The standard InChI is InChI=1S/C19H23N5.ClH/c1-11-4-5-12(2)15(8-11)14-9-16-18(13(3)6-7-22-16)17(10-14)23-24-19(20)21;/h4-8,14H,9-10H2,1-3H3,(H4,20,21,24);1H/b23-17-;. The molecule has 0 radical (unpaired) electrons. The van der Waals surface area contributed by atoms with E-state index < -0.39 is 0 Å². The molecule has 6 heteroatoms. The van der Waals surface area contributed by atoms with Crippen LogP contribution in [0.15, 0.2) is 40.7 Å². The van der Waals surface area contributed by atoms with Crippen molar-refractivity contribution in [3.63, 3.8) is 0 Å². The summed E-state index contributed by atoms with van der Waals surface area (Å²) in [5.41, 5.74) is 19.0. The molecule has 25 heavy (non-hydrogen) atoms. The Morgan fingerprint density at radius 2 is 1.84 bits per heavy atom. The van der Waals surface area contributed by atoms with Crippen LogP contribution in [0.25, 0.3) is 0 Å². The van der Waals surface area contributed by atoms with Crippen LogP contribution in [0.4, 0.5) is 0 Å². The molecular weight excluding hydrogens is 334 g/mol. The fourth-order valence-electron chi connectivity index (χ4n) is 3.43. The van der Waals surface area contributed by atoms with E-state index in [9.17, 15) is 0 Å². The minimum atomic E-state index is -0.0283. The number of aromatic nitrogens is 1. The zero-order valence-electron chi connectivity index (χ0n) is 14.8.